The fourth-order valence-electron chi connectivity index (χ4n) is 13.1. The molecule has 2 saturated heterocycles. The lowest BCUT2D eigenvalue weighted by Crippen LogP contribution is -2.67. The molecular formula is C43H50F3N3O4. The number of benzene rings is 2. The third-order valence-electron chi connectivity index (χ3n) is 16.0. The van der Waals surface area contributed by atoms with Crippen LogP contribution in [0, 0.1) is 33.5 Å². The molecule has 10 rings (SSSR count). The van der Waals surface area contributed by atoms with Gasteiger partial charge >= 0.3 is 6.18 Å². The summed E-state index contributed by atoms with van der Waals surface area (Å²) in [5.74, 6) is -0.396. The highest BCUT2D eigenvalue weighted by atomic mass is 19.4. The van der Waals surface area contributed by atoms with Gasteiger partial charge in [0.05, 0.1) is 23.9 Å². The topological polar surface area (TPSA) is 93.1 Å². The van der Waals surface area contributed by atoms with Crippen LogP contribution in [0.1, 0.15) is 87.6 Å². The third kappa shape index (κ3) is 4.70. The number of likely N-dealkylation sites (tertiary alicyclic amines) is 1. The Bertz CT molecular complexity index is 1910. The number of carbonyl (C=O) groups is 2. The van der Waals surface area contributed by atoms with Crippen LogP contribution in [-0.2, 0) is 11.0 Å². The summed E-state index contributed by atoms with van der Waals surface area (Å²) >= 11 is 0. The molecule has 10 heteroatoms. The number of amides is 1. The van der Waals surface area contributed by atoms with Crippen LogP contribution in [0.5, 0.6) is 0 Å². The van der Waals surface area contributed by atoms with E-state index in [2.05, 4.69) is 41.1 Å². The second kappa shape index (κ2) is 11.5. The van der Waals surface area contributed by atoms with Crippen molar-refractivity contribution in [1.29, 1.82) is 0 Å². The van der Waals surface area contributed by atoms with Crippen LogP contribution in [0.15, 0.2) is 78.4 Å². The van der Waals surface area contributed by atoms with Crippen LogP contribution >= 0.6 is 0 Å². The Balaban J connectivity index is 1.05. The van der Waals surface area contributed by atoms with Gasteiger partial charge in [0.25, 0.3) is 0 Å². The molecule has 7 nitrogen and oxygen atoms in total. The third-order valence-corrected chi connectivity index (χ3v) is 16.0. The predicted octanol–water partition coefficient (Wildman–Crippen LogP) is 6.91. The number of nitrogens with zero attached hydrogens (tertiary/aromatic N) is 2. The first-order chi connectivity index (χ1) is 25.1. The number of aliphatic hydroxyl groups excluding tert-OH is 1. The van der Waals surface area contributed by atoms with Gasteiger partial charge in [0.1, 0.15) is 5.54 Å². The average molecular weight is 730 g/mol. The summed E-state index contributed by atoms with van der Waals surface area (Å²) < 4.78 is 41.7. The molecule has 3 N–H and O–H groups in total. The molecule has 0 radical (unpaired) electrons. The van der Waals surface area contributed by atoms with E-state index in [1.54, 1.807) is 0 Å². The summed E-state index contributed by atoms with van der Waals surface area (Å²) in [5, 5.41) is 27.0. The van der Waals surface area contributed by atoms with Crippen molar-refractivity contribution in [3.8, 4) is 0 Å². The van der Waals surface area contributed by atoms with Gasteiger partial charge in [-0.15, -0.1) is 0 Å². The Morgan fingerprint density at radius 3 is 2.34 bits per heavy atom. The SMILES string of the molecule is C[C@]12CC[C@H]3[C@]4(C=C[C@@]5(C=C4C(=O)c4cccc(C(F)(F)F)c4)CC(O)CC[C@]35C)[C@@H]1CC[C@@]2(O)CN1CCC2(CC1)C(=O)NCN2c1ccccc1. The van der Waals surface area contributed by atoms with Gasteiger partial charge in [0.15, 0.2) is 5.78 Å². The van der Waals surface area contributed by atoms with Gasteiger partial charge in [-0.05, 0) is 99.3 Å². The quantitative estimate of drug-likeness (QED) is 0.229. The zero-order valence-electron chi connectivity index (χ0n) is 30.6. The maximum Gasteiger partial charge on any atom is 0.416 e. The number of fused-ring (bicyclic) bond motifs is 1. The van der Waals surface area contributed by atoms with Crippen LogP contribution in [-0.4, -0.2) is 70.4 Å². The second-order valence-corrected chi connectivity index (χ2v) is 18.0. The maximum absolute atomic E-state index is 14.8. The fraction of sp³-hybridized carbons (Fsp3) is 0.581. The predicted molar refractivity (Wildman–Crippen MR) is 195 cm³/mol. The largest absolute Gasteiger partial charge is 0.416 e. The number of Topliss-reactive ketones (excluding diaryl/α,β-unsaturated/α-hetero) is 1. The van der Waals surface area contributed by atoms with Gasteiger partial charge in [-0.3, -0.25) is 9.59 Å². The Hall–Kier alpha value is -3.47. The van der Waals surface area contributed by atoms with E-state index in [1.807, 2.05) is 36.4 Å². The van der Waals surface area contributed by atoms with Crippen LogP contribution in [0.4, 0.5) is 18.9 Å². The molecule has 8 atom stereocenters. The maximum atomic E-state index is 14.8. The number of aliphatic hydroxyl groups is 2. The number of ketones is 1. The number of piperidine rings is 1. The molecule has 2 aliphatic heterocycles. The number of anilines is 1. The molecule has 3 saturated carbocycles. The first kappa shape index (κ1) is 35.2. The molecule has 2 heterocycles. The molecule has 2 aromatic carbocycles. The van der Waals surface area contributed by atoms with Gasteiger partial charge in [0.2, 0.25) is 5.91 Å². The molecule has 53 heavy (non-hydrogen) atoms. The number of β-amino-alcohol motifs (C(OH)–C–C–N with tert-alkyl or cyclic N) is 1. The van der Waals surface area contributed by atoms with Crippen LogP contribution in [0.3, 0.4) is 0 Å². The van der Waals surface area contributed by atoms with E-state index in [0.717, 1.165) is 37.1 Å². The van der Waals surface area contributed by atoms with Crippen molar-refractivity contribution in [1.82, 2.24) is 10.2 Å². The summed E-state index contributed by atoms with van der Waals surface area (Å²) in [6.07, 6.45) is 7.39. The lowest BCUT2D eigenvalue weighted by molar-refractivity contribution is -0.177. The van der Waals surface area contributed by atoms with Crippen molar-refractivity contribution in [3.63, 3.8) is 0 Å². The normalized spacial score (nSPS) is 40.1. The summed E-state index contributed by atoms with van der Waals surface area (Å²) in [5.41, 5.74) is -3.10. The average Bonchev–Trinajstić information content (AvgIpc) is 3.60. The van der Waals surface area contributed by atoms with Crippen molar-refractivity contribution in [3.05, 3.63) is 89.5 Å². The van der Waals surface area contributed by atoms with Crippen molar-refractivity contribution in [2.75, 3.05) is 31.2 Å². The second-order valence-electron chi connectivity index (χ2n) is 18.0. The minimum absolute atomic E-state index is 0.0258. The highest BCUT2D eigenvalue weighted by Crippen LogP contribution is 2.78. The van der Waals surface area contributed by atoms with E-state index in [9.17, 15) is 33.0 Å². The van der Waals surface area contributed by atoms with E-state index >= 15 is 0 Å². The molecule has 282 valence electrons. The lowest BCUT2D eigenvalue weighted by atomic mass is 9.32. The molecule has 0 aromatic heterocycles. The lowest BCUT2D eigenvalue weighted by Gasteiger charge is -2.71. The summed E-state index contributed by atoms with van der Waals surface area (Å²) in [6.45, 7) is 6.74. The number of hydrogen-bond acceptors (Lipinski definition) is 6. The number of alkyl halides is 3. The zero-order valence-corrected chi connectivity index (χ0v) is 30.6. The summed E-state index contributed by atoms with van der Waals surface area (Å²) in [6, 6.07) is 14.8. The molecule has 2 aromatic rings. The number of hydrogen-bond donors (Lipinski definition) is 3. The van der Waals surface area contributed by atoms with Gasteiger partial charge in [-0.2, -0.15) is 13.2 Å². The van der Waals surface area contributed by atoms with Crippen LogP contribution in [0.25, 0.3) is 0 Å². The van der Waals surface area contributed by atoms with Gasteiger partial charge < -0.3 is 25.3 Å². The summed E-state index contributed by atoms with van der Waals surface area (Å²) in [7, 11) is 0. The Morgan fingerprint density at radius 1 is 0.906 bits per heavy atom. The molecule has 6 aliphatic carbocycles. The Labute approximate surface area is 309 Å². The van der Waals surface area contributed by atoms with E-state index in [0.29, 0.717) is 70.4 Å². The van der Waals surface area contributed by atoms with Crippen LogP contribution < -0.4 is 10.2 Å². The molecular weight excluding hydrogens is 679 g/mol. The number of allylic oxidation sites excluding steroid dienone is 4. The molecule has 5 fully saturated rings. The number of para-hydroxylation sites is 1. The number of carbonyl (C=O) groups excluding carboxylic acids is 2. The van der Waals surface area contributed by atoms with E-state index in [1.165, 1.54) is 12.1 Å². The van der Waals surface area contributed by atoms with Crippen LogP contribution in [0.2, 0.25) is 0 Å². The van der Waals surface area contributed by atoms with Gasteiger partial charge in [0, 0.05) is 52.7 Å². The molecule has 1 amide bonds. The summed E-state index contributed by atoms with van der Waals surface area (Å²) in [4.78, 5) is 32.7. The fourth-order valence-corrected chi connectivity index (χ4v) is 13.1. The molecule has 1 unspecified atom stereocenters. The minimum Gasteiger partial charge on any atom is -0.393 e. The highest BCUT2D eigenvalue weighted by Gasteiger charge is 2.74. The van der Waals surface area contributed by atoms with Crippen molar-refractivity contribution < 1.29 is 33.0 Å². The minimum atomic E-state index is -4.58. The first-order valence-electron chi connectivity index (χ1n) is 19.5. The molecule has 3 spiro atoms. The van der Waals surface area contributed by atoms with Crippen molar-refractivity contribution in [2.24, 2.45) is 33.5 Å². The van der Waals surface area contributed by atoms with E-state index < -0.39 is 45.2 Å². The first-order valence-corrected chi connectivity index (χ1v) is 19.5. The van der Waals surface area contributed by atoms with Gasteiger partial charge in [-0.1, -0.05) is 62.4 Å². The smallest absolute Gasteiger partial charge is 0.393 e. The van der Waals surface area contributed by atoms with Crippen molar-refractivity contribution >= 4 is 17.4 Å². The Morgan fingerprint density at radius 2 is 1.60 bits per heavy atom. The number of halogens is 3. The van der Waals surface area contributed by atoms with E-state index in [-0.39, 0.29) is 34.5 Å². The monoisotopic (exact) mass is 729 g/mol. The Kier molecular flexibility index (Phi) is 7.66. The van der Waals surface area contributed by atoms with Gasteiger partial charge in [-0.25, -0.2) is 0 Å². The highest BCUT2D eigenvalue weighted by molar-refractivity contribution is 6.10. The van der Waals surface area contributed by atoms with E-state index in [4.69, 9.17) is 0 Å². The molecule has 2 bridgehead atoms. The number of rotatable bonds is 5. The molecule has 8 aliphatic rings. The zero-order chi connectivity index (χ0) is 37.2. The van der Waals surface area contributed by atoms with Crippen molar-refractivity contribution in [2.45, 2.75) is 95.1 Å². The number of nitrogens with one attached hydrogen (secondary N) is 1. The standard InChI is InChI=1S/C43H50F3N3O4/c1-37-14-11-31(50)24-39(37)17-18-42(32(25-39)35(51)28-7-6-8-29(23-28)43(44,45)46)33(37)12-15-38(2)34(42)13-16-41(38,53)26-48-21-19-40(20-22-48)36(52)47-27-49(40)30-9-4-3-5-10-30/h3-10,17-18,23,25,31,33-34,50,53H,11-16,19-22,24,26-27H2,1-2H3,(H,47,52)/t31?,33-,34-,37-,38+,39+,41-,42-/m1/s1.